The van der Waals surface area contributed by atoms with Gasteiger partial charge in [0.05, 0.1) is 11.3 Å². The third-order valence-corrected chi connectivity index (χ3v) is 2.96. The van der Waals surface area contributed by atoms with E-state index >= 15 is 0 Å². The van der Waals surface area contributed by atoms with Gasteiger partial charge in [0.15, 0.2) is 0 Å². The lowest BCUT2D eigenvalue weighted by molar-refractivity contribution is 0.252. The summed E-state index contributed by atoms with van der Waals surface area (Å²) < 4.78 is 25.7. The standard InChI is InChI=1S/C16H13F2N3O/c17-13-3-1-11(2-4-13)7-8-20-16(22)21-15-6-5-14(18)9-12(15)10-19/h1-6,9H,7-8H2,(H2,20,21,22). The second-order valence-electron chi connectivity index (χ2n) is 4.56. The number of anilines is 1. The number of nitriles is 1. The quantitative estimate of drug-likeness (QED) is 0.910. The Bertz CT molecular complexity index is 708. The Morgan fingerprint density at radius 1 is 1.09 bits per heavy atom. The molecule has 0 heterocycles. The highest BCUT2D eigenvalue weighted by molar-refractivity contribution is 5.90. The van der Waals surface area contributed by atoms with E-state index in [1.165, 1.54) is 18.2 Å². The van der Waals surface area contributed by atoms with Gasteiger partial charge in [0.1, 0.15) is 17.7 Å². The van der Waals surface area contributed by atoms with Crippen LogP contribution in [0.15, 0.2) is 42.5 Å². The highest BCUT2D eigenvalue weighted by Gasteiger charge is 2.07. The Labute approximate surface area is 126 Å². The zero-order valence-electron chi connectivity index (χ0n) is 11.6. The van der Waals surface area contributed by atoms with Crippen molar-refractivity contribution in [3.63, 3.8) is 0 Å². The first kappa shape index (κ1) is 15.4. The maximum Gasteiger partial charge on any atom is 0.319 e. The van der Waals surface area contributed by atoms with Crippen LogP contribution >= 0.6 is 0 Å². The van der Waals surface area contributed by atoms with Crippen molar-refractivity contribution in [2.75, 3.05) is 11.9 Å². The van der Waals surface area contributed by atoms with Crippen LogP contribution in [0.5, 0.6) is 0 Å². The number of nitrogens with zero attached hydrogens (tertiary/aromatic N) is 1. The molecule has 0 aliphatic heterocycles. The predicted octanol–water partition coefficient (Wildman–Crippen LogP) is 3.20. The van der Waals surface area contributed by atoms with Crippen molar-refractivity contribution < 1.29 is 13.6 Å². The molecule has 2 rings (SSSR count). The van der Waals surface area contributed by atoms with Gasteiger partial charge in [-0.3, -0.25) is 0 Å². The fourth-order valence-corrected chi connectivity index (χ4v) is 1.86. The van der Waals surface area contributed by atoms with Gasteiger partial charge < -0.3 is 10.6 Å². The molecule has 0 saturated carbocycles. The molecule has 0 atom stereocenters. The molecule has 0 aromatic heterocycles. The minimum Gasteiger partial charge on any atom is -0.338 e. The van der Waals surface area contributed by atoms with Crippen LogP contribution in [0.3, 0.4) is 0 Å². The molecule has 0 spiro atoms. The summed E-state index contributed by atoms with van der Waals surface area (Å²) in [5.74, 6) is -0.853. The lowest BCUT2D eigenvalue weighted by Gasteiger charge is -2.09. The van der Waals surface area contributed by atoms with E-state index in [2.05, 4.69) is 10.6 Å². The number of halogens is 2. The molecule has 0 bridgehead atoms. The summed E-state index contributed by atoms with van der Waals surface area (Å²) in [6.45, 7) is 0.348. The number of hydrogen-bond acceptors (Lipinski definition) is 2. The summed E-state index contributed by atoms with van der Waals surface area (Å²) in [5.41, 5.74) is 1.18. The summed E-state index contributed by atoms with van der Waals surface area (Å²) in [7, 11) is 0. The van der Waals surface area contributed by atoms with Gasteiger partial charge in [-0.25, -0.2) is 13.6 Å². The van der Waals surface area contributed by atoms with E-state index < -0.39 is 11.8 Å². The molecular formula is C16H13F2N3O. The molecule has 4 nitrogen and oxygen atoms in total. The molecule has 0 radical (unpaired) electrons. The summed E-state index contributed by atoms with van der Waals surface area (Å²) >= 11 is 0. The molecule has 0 unspecified atom stereocenters. The van der Waals surface area contributed by atoms with Gasteiger partial charge in [-0.1, -0.05) is 12.1 Å². The summed E-state index contributed by atoms with van der Waals surface area (Å²) in [6, 6.07) is 10.8. The van der Waals surface area contributed by atoms with Crippen molar-refractivity contribution in [3.05, 3.63) is 65.2 Å². The minimum absolute atomic E-state index is 0.0497. The van der Waals surface area contributed by atoms with Crippen LogP contribution in [0.4, 0.5) is 19.3 Å². The Balaban J connectivity index is 1.86. The Morgan fingerprint density at radius 3 is 2.45 bits per heavy atom. The number of rotatable bonds is 4. The summed E-state index contributed by atoms with van der Waals surface area (Å²) in [4.78, 5) is 11.7. The second kappa shape index (κ2) is 7.18. The lowest BCUT2D eigenvalue weighted by atomic mass is 10.1. The maximum absolute atomic E-state index is 13.0. The molecular weight excluding hydrogens is 288 g/mol. The average molecular weight is 301 g/mol. The molecule has 6 heteroatoms. The van der Waals surface area contributed by atoms with Crippen LogP contribution in [0.2, 0.25) is 0 Å². The van der Waals surface area contributed by atoms with E-state index in [-0.39, 0.29) is 17.1 Å². The zero-order valence-corrected chi connectivity index (χ0v) is 11.6. The number of amides is 2. The van der Waals surface area contributed by atoms with Crippen molar-refractivity contribution in [1.29, 1.82) is 5.26 Å². The number of urea groups is 1. The van der Waals surface area contributed by atoms with E-state index in [4.69, 9.17) is 5.26 Å². The predicted molar refractivity (Wildman–Crippen MR) is 78.2 cm³/mol. The van der Waals surface area contributed by atoms with Crippen molar-refractivity contribution in [3.8, 4) is 6.07 Å². The van der Waals surface area contributed by atoms with Crippen molar-refractivity contribution in [2.45, 2.75) is 6.42 Å². The second-order valence-corrected chi connectivity index (χ2v) is 4.56. The van der Waals surface area contributed by atoms with Crippen molar-refractivity contribution in [1.82, 2.24) is 5.32 Å². The van der Waals surface area contributed by atoms with Crippen LogP contribution < -0.4 is 10.6 Å². The number of carbonyl (C=O) groups is 1. The summed E-state index contributed by atoms with van der Waals surface area (Å²) in [5, 5.41) is 14.0. The zero-order chi connectivity index (χ0) is 15.9. The normalized spacial score (nSPS) is 9.86. The number of hydrogen-bond donors (Lipinski definition) is 2. The third kappa shape index (κ3) is 4.28. The molecule has 22 heavy (non-hydrogen) atoms. The molecule has 2 aromatic rings. The SMILES string of the molecule is N#Cc1cc(F)ccc1NC(=O)NCCc1ccc(F)cc1. The van der Waals surface area contributed by atoms with Crippen LogP contribution in [-0.2, 0) is 6.42 Å². The molecule has 2 N–H and O–H groups in total. The fraction of sp³-hybridized carbons (Fsp3) is 0.125. The Hall–Kier alpha value is -2.94. The van der Waals surface area contributed by atoms with Crippen LogP contribution in [-0.4, -0.2) is 12.6 Å². The molecule has 2 amide bonds. The van der Waals surface area contributed by atoms with Gasteiger partial charge >= 0.3 is 6.03 Å². The first-order valence-corrected chi connectivity index (χ1v) is 6.57. The molecule has 112 valence electrons. The lowest BCUT2D eigenvalue weighted by Crippen LogP contribution is -2.30. The fourth-order valence-electron chi connectivity index (χ4n) is 1.86. The first-order chi connectivity index (χ1) is 10.6. The molecule has 0 saturated heterocycles. The number of benzene rings is 2. The van der Waals surface area contributed by atoms with Crippen molar-refractivity contribution in [2.24, 2.45) is 0 Å². The highest BCUT2D eigenvalue weighted by Crippen LogP contribution is 2.15. The molecule has 0 fully saturated rings. The summed E-state index contributed by atoms with van der Waals surface area (Å²) in [6.07, 6.45) is 0.544. The Kier molecular flexibility index (Phi) is 5.04. The first-order valence-electron chi connectivity index (χ1n) is 6.57. The van der Waals surface area contributed by atoms with E-state index in [9.17, 15) is 13.6 Å². The maximum atomic E-state index is 13.0. The largest absolute Gasteiger partial charge is 0.338 e. The Morgan fingerprint density at radius 2 is 1.77 bits per heavy atom. The van der Waals surface area contributed by atoms with Gasteiger partial charge in [-0.15, -0.1) is 0 Å². The van der Waals surface area contributed by atoms with Gasteiger partial charge in [0.2, 0.25) is 0 Å². The van der Waals surface area contributed by atoms with E-state index in [1.54, 1.807) is 12.1 Å². The topological polar surface area (TPSA) is 64.9 Å². The van der Waals surface area contributed by atoms with Gasteiger partial charge in [0.25, 0.3) is 0 Å². The number of carbonyl (C=O) groups excluding carboxylic acids is 1. The highest BCUT2D eigenvalue weighted by atomic mass is 19.1. The average Bonchev–Trinajstić information content (AvgIpc) is 2.51. The molecule has 0 aliphatic carbocycles. The minimum atomic E-state index is -0.543. The van der Waals surface area contributed by atoms with Gasteiger partial charge in [-0.2, -0.15) is 5.26 Å². The third-order valence-electron chi connectivity index (χ3n) is 2.96. The monoisotopic (exact) mass is 301 g/mol. The van der Waals surface area contributed by atoms with Crippen LogP contribution in [0.25, 0.3) is 0 Å². The van der Waals surface area contributed by atoms with Crippen LogP contribution in [0.1, 0.15) is 11.1 Å². The van der Waals surface area contributed by atoms with E-state index in [0.29, 0.717) is 13.0 Å². The molecule has 2 aromatic carbocycles. The number of nitrogens with one attached hydrogen (secondary N) is 2. The van der Waals surface area contributed by atoms with E-state index in [1.807, 2.05) is 6.07 Å². The molecule has 0 aliphatic rings. The smallest absolute Gasteiger partial charge is 0.319 e. The van der Waals surface area contributed by atoms with Crippen molar-refractivity contribution >= 4 is 11.7 Å². The van der Waals surface area contributed by atoms with Crippen LogP contribution in [0, 0.1) is 23.0 Å². The van der Waals surface area contributed by atoms with Gasteiger partial charge in [-0.05, 0) is 42.3 Å². The van der Waals surface area contributed by atoms with Gasteiger partial charge in [0, 0.05) is 6.54 Å². The van der Waals surface area contributed by atoms with E-state index in [0.717, 1.165) is 17.7 Å².